The summed E-state index contributed by atoms with van der Waals surface area (Å²) >= 11 is 0. The number of allylic oxidation sites excluding steroid dienone is 14. The molecule has 2 atom stereocenters. The van der Waals surface area contributed by atoms with E-state index >= 15 is 0 Å². The lowest BCUT2D eigenvalue weighted by molar-refractivity contribution is -0.161. The van der Waals surface area contributed by atoms with E-state index in [4.69, 9.17) is 24.3 Å². The summed E-state index contributed by atoms with van der Waals surface area (Å²) in [5, 5.41) is 0. The standard InChI is InChI=1S/C47H80NO8P/c1-3-5-7-9-11-13-15-17-19-21-22-24-25-27-29-31-33-35-37-39-46(49)53-43-45(44-55-57(51,52)54-42-41-48)56-47(50)40-38-36-34-32-30-28-26-23-20-18-16-14-12-10-8-6-4-2/h11,13,17-20,22,24,26-29,32,34,45H,3-10,12,14-16,21,23,25,30-31,33,35-44,48H2,1-2H3,(H,51,52). The van der Waals surface area contributed by atoms with Gasteiger partial charge in [0.2, 0.25) is 0 Å². The normalized spacial score (nSPS) is 14.1. The van der Waals surface area contributed by atoms with Gasteiger partial charge in [0, 0.05) is 19.4 Å². The van der Waals surface area contributed by atoms with E-state index < -0.39 is 32.5 Å². The van der Waals surface area contributed by atoms with Crippen LogP contribution in [0.4, 0.5) is 0 Å². The molecule has 3 N–H and O–H groups in total. The highest BCUT2D eigenvalue weighted by atomic mass is 31.2. The molecule has 0 aromatic carbocycles. The molecule has 0 aliphatic carbocycles. The molecule has 0 rings (SSSR count). The van der Waals surface area contributed by atoms with Gasteiger partial charge >= 0.3 is 19.8 Å². The highest BCUT2D eigenvalue weighted by Crippen LogP contribution is 2.43. The molecule has 9 nitrogen and oxygen atoms in total. The number of unbranched alkanes of at least 4 members (excludes halogenated alkanes) is 13. The van der Waals surface area contributed by atoms with Crippen LogP contribution in [0.5, 0.6) is 0 Å². The van der Waals surface area contributed by atoms with Gasteiger partial charge in [-0.25, -0.2) is 4.57 Å². The molecular formula is C47H80NO8P. The van der Waals surface area contributed by atoms with E-state index in [0.717, 1.165) is 57.8 Å². The van der Waals surface area contributed by atoms with Gasteiger partial charge in [-0.1, -0.05) is 150 Å². The van der Waals surface area contributed by atoms with Crippen molar-refractivity contribution in [3.63, 3.8) is 0 Å². The predicted molar refractivity (Wildman–Crippen MR) is 238 cm³/mol. The van der Waals surface area contributed by atoms with Crippen molar-refractivity contribution in [1.29, 1.82) is 0 Å². The van der Waals surface area contributed by atoms with Crippen molar-refractivity contribution >= 4 is 19.8 Å². The summed E-state index contributed by atoms with van der Waals surface area (Å²) in [7, 11) is -4.40. The monoisotopic (exact) mass is 818 g/mol. The molecule has 0 saturated carbocycles. The lowest BCUT2D eigenvalue weighted by Crippen LogP contribution is -2.29. The van der Waals surface area contributed by atoms with Crippen molar-refractivity contribution in [2.45, 2.75) is 174 Å². The zero-order valence-electron chi connectivity index (χ0n) is 35.8. The first-order valence-electron chi connectivity index (χ1n) is 22.1. The molecule has 2 unspecified atom stereocenters. The van der Waals surface area contributed by atoms with Crippen LogP contribution in [0.1, 0.15) is 168 Å². The molecular weight excluding hydrogens is 737 g/mol. The van der Waals surface area contributed by atoms with Crippen LogP contribution >= 0.6 is 7.82 Å². The van der Waals surface area contributed by atoms with Crippen LogP contribution < -0.4 is 5.73 Å². The molecule has 0 bridgehead atoms. The minimum absolute atomic E-state index is 0.0366. The van der Waals surface area contributed by atoms with Crippen LogP contribution in [0.2, 0.25) is 0 Å². The maximum absolute atomic E-state index is 12.6. The highest BCUT2D eigenvalue weighted by molar-refractivity contribution is 7.47. The van der Waals surface area contributed by atoms with Crippen molar-refractivity contribution in [2.75, 3.05) is 26.4 Å². The van der Waals surface area contributed by atoms with Crippen molar-refractivity contribution < 1.29 is 37.6 Å². The number of carbonyl (C=O) groups is 2. The minimum atomic E-state index is -4.40. The Hall–Kier alpha value is -2.81. The van der Waals surface area contributed by atoms with Crippen LogP contribution in [-0.2, 0) is 32.7 Å². The Morgan fingerprint density at radius 1 is 0.526 bits per heavy atom. The van der Waals surface area contributed by atoms with Gasteiger partial charge in [-0.2, -0.15) is 0 Å². The maximum atomic E-state index is 12.6. The van der Waals surface area contributed by atoms with Crippen molar-refractivity contribution in [2.24, 2.45) is 5.73 Å². The number of carbonyl (C=O) groups excluding carboxylic acids is 2. The molecule has 0 saturated heterocycles. The zero-order chi connectivity index (χ0) is 41.8. The quantitative estimate of drug-likeness (QED) is 0.0268. The number of hydrogen-bond acceptors (Lipinski definition) is 8. The number of phosphoric acid groups is 1. The molecule has 57 heavy (non-hydrogen) atoms. The summed E-state index contributed by atoms with van der Waals surface area (Å²) in [6, 6.07) is 0. The minimum Gasteiger partial charge on any atom is -0.462 e. The Bertz CT molecular complexity index is 1210. The first-order chi connectivity index (χ1) is 27.8. The fourth-order valence-electron chi connectivity index (χ4n) is 5.46. The average Bonchev–Trinajstić information content (AvgIpc) is 3.20. The number of rotatable bonds is 40. The molecule has 0 fully saturated rings. The average molecular weight is 818 g/mol. The zero-order valence-corrected chi connectivity index (χ0v) is 36.7. The number of phosphoric ester groups is 1. The Balaban J connectivity index is 4.31. The van der Waals surface area contributed by atoms with Crippen molar-refractivity contribution in [3.8, 4) is 0 Å². The first kappa shape index (κ1) is 54.2. The van der Waals surface area contributed by atoms with Gasteiger partial charge in [-0.05, 0) is 89.9 Å². The van der Waals surface area contributed by atoms with E-state index in [9.17, 15) is 19.0 Å². The van der Waals surface area contributed by atoms with Crippen LogP contribution in [-0.4, -0.2) is 49.3 Å². The second-order valence-electron chi connectivity index (χ2n) is 14.2. The Morgan fingerprint density at radius 2 is 0.930 bits per heavy atom. The molecule has 0 aromatic rings. The molecule has 0 spiro atoms. The molecule has 326 valence electrons. The third-order valence-electron chi connectivity index (χ3n) is 8.75. The van der Waals surface area contributed by atoms with Crippen molar-refractivity contribution in [1.82, 2.24) is 0 Å². The highest BCUT2D eigenvalue weighted by Gasteiger charge is 2.25. The van der Waals surface area contributed by atoms with E-state index in [1.165, 1.54) is 64.2 Å². The van der Waals surface area contributed by atoms with Gasteiger partial charge in [-0.3, -0.25) is 18.6 Å². The lowest BCUT2D eigenvalue weighted by atomic mass is 10.1. The molecule has 10 heteroatoms. The Morgan fingerprint density at radius 3 is 1.44 bits per heavy atom. The molecule has 0 amide bonds. The van der Waals surface area contributed by atoms with Crippen LogP contribution in [0.15, 0.2) is 85.1 Å². The SMILES string of the molecule is CCCCCC=CCC=CCC=CCC=CCCCCCC(=O)OCC(COP(=O)(O)OCCN)OC(=O)CCCC=CCC=CCC=CCCCCCCCC. The summed E-state index contributed by atoms with van der Waals surface area (Å²) in [6.45, 7) is 3.58. The molecule has 0 heterocycles. The smallest absolute Gasteiger partial charge is 0.462 e. The topological polar surface area (TPSA) is 134 Å². The van der Waals surface area contributed by atoms with Gasteiger partial charge in [0.25, 0.3) is 0 Å². The van der Waals surface area contributed by atoms with Crippen LogP contribution in [0.3, 0.4) is 0 Å². The predicted octanol–water partition coefficient (Wildman–Crippen LogP) is 12.8. The summed E-state index contributed by atoms with van der Waals surface area (Å²) < 4.78 is 32.7. The summed E-state index contributed by atoms with van der Waals surface area (Å²) in [5.41, 5.74) is 5.34. The second-order valence-corrected chi connectivity index (χ2v) is 15.7. The van der Waals surface area contributed by atoms with E-state index in [1.807, 2.05) is 6.08 Å². The summed E-state index contributed by atoms with van der Waals surface area (Å²) in [5.74, 6) is -0.933. The number of nitrogens with two attached hydrogens (primary N) is 1. The first-order valence-corrected chi connectivity index (χ1v) is 23.6. The van der Waals surface area contributed by atoms with Crippen LogP contribution in [0, 0.1) is 0 Å². The number of ether oxygens (including phenoxy) is 2. The fourth-order valence-corrected chi connectivity index (χ4v) is 6.22. The third kappa shape index (κ3) is 42.6. The molecule has 0 aromatic heterocycles. The van der Waals surface area contributed by atoms with Gasteiger partial charge in [-0.15, -0.1) is 0 Å². The van der Waals surface area contributed by atoms with Gasteiger partial charge in [0.1, 0.15) is 6.61 Å². The van der Waals surface area contributed by atoms with Crippen molar-refractivity contribution in [3.05, 3.63) is 85.1 Å². The number of esters is 2. The van der Waals surface area contributed by atoms with E-state index in [0.29, 0.717) is 19.3 Å². The van der Waals surface area contributed by atoms with Gasteiger partial charge in [0.05, 0.1) is 13.2 Å². The number of hydrogen-bond donors (Lipinski definition) is 2. The molecule has 0 radical (unpaired) electrons. The molecule has 0 aliphatic heterocycles. The Labute approximate surface area is 347 Å². The Kier molecular flexibility index (Phi) is 40.7. The largest absolute Gasteiger partial charge is 0.472 e. The third-order valence-corrected chi connectivity index (χ3v) is 9.74. The van der Waals surface area contributed by atoms with E-state index in [1.54, 1.807) is 0 Å². The maximum Gasteiger partial charge on any atom is 0.472 e. The van der Waals surface area contributed by atoms with Gasteiger partial charge < -0.3 is 20.1 Å². The summed E-state index contributed by atoms with van der Waals surface area (Å²) in [4.78, 5) is 34.9. The van der Waals surface area contributed by atoms with Crippen LogP contribution in [0.25, 0.3) is 0 Å². The fraction of sp³-hybridized carbons (Fsp3) is 0.660. The van der Waals surface area contributed by atoms with Gasteiger partial charge in [0.15, 0.2) is 6.10 Å². The second kappa shape index (κ2) is 42.8. The van der Waals surface area contributed by atoms with E-state index in [-0.39, 0.29) is 32.6 Å². The van der Waals surface area contributed by atoms with E-state index in [2.05, 4.69) is 92.8 Å². The molecule has 0 aliphatic rings. The summed E-state index contributed by atoms with van der Waals surface area (Å²) in [6.07, 6.45) is 53.3. The lowest BCUT2D eigenvalue weighted by Gasteiger charge is -2.19.